The van der Waals surface area contributed by atoms with Gasteiger partial charge in [0.25, 0.3) is 0 Å². The standard InChI is InChI=1S/C19H24O6/c1-5-11(2)18(22)25-16(19(3,4)23)9-13-8-12-6-7-17(21)24-15(12)10-14(13)20/h5,8,10,16,20,23H,6-7,9H2,1-4H3/t16-/m1/s1. The Morgan fingerprint density at radius 1 is 1.40 bits per heavy atom. The van der Waals surface area contributed by atoms with Crippen molar-refractivity contribution in [3.63, 3.8) is 0 Å². The minimum Gasteiger partial charge on any atom is -0.508 e. The summed E-state index contributed by atoms with van der Waals surface area (Å²) in [6.45, 7) is 6.46. The molecule has 0 amide bonds. The lowest BCUT2D eigenvalue weighted by Gasteiger charge is -2.30. The van der Waals surface area contributed by atoms with Crippen LogP contribution in [0.3, 0.4) is 0 Å². The Hall–Kier alpha value is -2.34. The highest BCUT2D eigenvalue weighted by Crippen LogP contribution is 2.34. The van der Waals surface area contributed by atoms with Gasteiger partial charge in [0.2, 0.25) is 0 Å². The molecule has 1 aromatic carbocycles. The van der Waals surface area contributed by atoms with Crippen molar-refractivity contribution < 1.29 is 29.3 Å². The zero-order valence-electron chi connectivity index (χ0n) is 15.0. The zero-order valence-corrected chi connectivity index (χ0v) is 15.0. The maximum Gasteiger partial charge on any atom is 0.333 e. The van der Waals surface area contributed by atoms with Crippen LogP contribution in [0.15, 0.2) is 23.8 Å². The van der Waals surface area contributed by atoms with Crippen LogP contribution in [0, 0.1) is 0 Å². The molecule has 0 bridgehead atoms. The number of benzene rings is 1. The number of aromatic hydroxyl groups is 1. The second-order valence-electron chi connectivity index (χ2n) is 6.79. The highest BCUT2D eigenvalue weighted by atomic mass is 16.6. The molecule has 0 fully saturated rings. The molecular formula is C19H24O6. The Morgan fingerprint density at radius 2 is 2.08 bits per heavy atom. The van der Waals surface area contributed by atoms with Gasteiger partial charge in [0, 0.05) is 18.1 Å². The molecule has 0 saturated heterocycles. The Morgan fingerprint density at radius 3 is 2.68 bits per heavy atom. The number of carbonyl (C=O) groups excluding carboxylic acids is 2. The predicted octanol–water partition coefficient (Wildman–Crippen LogP) is 2.44. The van der Waals surface area contributed by atoms with E-state index in [-0.39, 0.29) is 24.6 Å². The van der Waals surface area contributed by atoms with Crippen LogP contribution in [0.4, 0.5) is 0 Å². The van der Waals surface area contributed by atoms with Gasteiger partial charge in [0.1, 0.15) is 17.6 Å². The second kappa shape index (κ2) is 7.27. The SMILES string of the molecule is CC=C(C)C(=O)O[C@H](Cc1cc2c(cc1O)OC(=O)CC2)C(C)(C)O. The molecule has 0 radical (unpaired) electrons. The average Bonchev–Trinajstić information content (AvgIpc) is 2.53. The van der Waals surface area contributed by atoms with E-state index >= 15 is 0 Å². The summed E-state index contributed by atoms with van der Waals surface area (Å²) in [5, 5.41) is 20.6. The number of phenols is 1. The minimum absolute atomic E-state index is 0.0681. The molecule has 136 valence electrons. The molecule has 1 heterocycles. The second-order valence-corrected chi connectivity index (χ2v) is 6.79. The molecule has 6 heteroatoms. The van der Waals surface area contributed by atoms with Crippen LogP contribution in [-0.2, 0) is 27.2 Å². The first-order valence-corrected chi connectivity index (χ1v) is 8.23. The Labute approximate surface area is 147 Å². The highest BCUT2D eigenvalue weighted by molar-refractivity contribution is 5.87. The fourth-order valence-corrected chi connectivity index (χ4v) is 2.50. The van der Waals surface area contributed by atoms with Crippen LogP contribution < -0.4 is 4.74 Å². The number of carbonyl (C=O) groups is 2. The van der Waals surface area contributed by atoms with E-state index in [2.05, 4.69) is 0 Å². The molecule has 1 atom stereocenters. The van der Waals surface area contributed by atoms with E-state index in [9.17, 15) is 19.8 Å². The Bertz CT molecular complexity index is 711. The van der Waals surface area contributed by atoms with Crippen molar-refractivity contribution in [1.82, 2.24) is 0 Å². The number of aliphatic hydroxyl groups is 1. The molecule has 0 unspecified atom stereocenters. The van der Waals surface area contributed by atoms with Crippen molar-refractivity contribution in [1.29, 1.82) is 0 Å². The van der Waals surface area contributed by atoms with E-state index in [1.807, 2.05) is 0 Å². The van der Waals surface area contributed by atoms with E-state index in [4.69, 9.17) is 9.47 Å². The lowest BCUT2D eigenvalue weighted by Crippen LogP contribution is -2.41. The van der Waals surface area contributed by atoms with Crippen molar-refractivity contribution in [3.05, 3.63) is 34.9 Å². The molecule has 0 spiro atoms. The molecule has 1 aliphatic heterocycles. The molecule has 1 aromatic rings. The molecule has 0 aliphatic carbocycles. The summed E-state index contributed by atoms with van der Waals surface area (Å²) in [6, 6.07) is 3.12. The zero-order chi connectivity index (χ0) is 18.8. The van der Waals surface area contributed by atoms with E-state index in [1.54, 1.807) is 39.8 Å². The number of allylic oxidation sites excluding steroid dienone is 1. The van der Waals surface area contributed by atoms with Crippen molar-refractivity contribution in [3.8, 4) is 11.5 Å². The summed E-state index contributed by atoms with van der Waals surface area (Å²) in [6.07, 6.45) is 1.73. The average molecular weight is 348 g/mol. The third-order valence-corrected chi connectivity index (χ3v) is 4.28. The van der Waals surface area contributed by atoms with Gasteiger partial charge in [0.15, 0.2) is 0 Å². The summed E-state index contributed by atoms with van der Waals surface area (Å²) in [5.41, 5.74) is 0.474. The van der Waals surface area contributed by atoms with E-state index in [0.717, 1.165) is 5.56 Å². The van der Waals surface area contributed by atoms with Crippen LogP contribution in [0.1, 0.15) is 45.2 Å². The van der Waals surface area contributed by atoms with Gasteiger partial charge in [-0.2, -0.15) is 0 Å². The third kappa shape index (κ3) is 4.60. The number of fused-ring (bicyclic) bond motifs is 1. The summed E-state index contributed by atoms with van der Waals surface area (Å²) in [5.74, 6) is -0.564. The van der Waals surface area contributed by atoms with Crippen molar-refractivity contribution in [2.45, 2.75) is 58.7 Å². The molecule has 0 aromatic heterocycles. The van der Waals surface area contributed by atoms with Gasteiger partial charge < -0.3 is 19.7 Å². The number of ether oxygens (including phenoxy) is 2. The van der Waals surface area contributed by atoms with Gasteiger partial charge in [-0.3, -0.25) is 4.79 Å². The predicted molar refractivity (Wildman–Crippen MR) is 91.4 cm³/mol. The Kier molecular flexibility index (Phi) is 5.52. The number of hydrogen-bond acceptors (Lipinski definition) is 6. The quantitative estimate of drug-likeness (QED) is 0.482. The first-order valence-electron chi connectivity index (χ1n) is 8.23. The van der Waals surface area contributed by atoms with Gasteiger partial charge >= 0.3 is 11.9 Å². The summed E-state index contributed by atoms with van der Waals surface area (Å²) < 4.78 is 10.5. The smallest absolute Gasteiger partial charge is 0.333 e. The molecule has 25 heavy (non-hydrogen) atoms. The van der Waals surface area contributed by atoms with Gasteiger partial charge in [0.05, 0.1) is 12.0 Å². The van der Waals surface area contributed by atoms with Gasteiger partial charge in [-0.25, -0.2) is 4.79 Å². The van der Waals surface area contributed by atoms with Gasteiger partial charge in [-0.15, -0.1) is 0 Å². The fourth-order valence-electron chi connectivity index (χ4n) is 2.50. The number of rotatable bonds is 5. The molecule has 2 N–H and O–H groups in total. The normalized spacial score (nSPS) is 16.0. The fraction of sp³-hybridized carbons (Fsp3) is 0.474. The van der Waals surface area contributed by atoms with Gasteiger partial charge in [-0.05, 0) is 51.3 Å². The topological polar surface area (TPSA) is 93.1 Å². The number of hydrogen-bond donors (Lipinski definition) is 2. The monoisotopic (exact) mass is 348 g/mol. The van der Waals surface area contributed by atoms with Gasteiger partial charge in [-0.1, -0.05) is 6.08 Å². The molecule has 2 rings (SSSR count). The molecule has 1 aliphatic rings. The first-order chi connectivity index (χ1) is 11.6. The maximum absolute atomic E-state index is 12.1. The van der Waals surface area contributed by atoms with Crippen LogP contribution >= 0.6 is 0 Å². The highest BCUT2D eigenvalue weighted by Gasteiger charge is 2.32. The lowest BCUT2D eigenvalue weighted by atomic mass is 9.92. The van der Waals surface area contributed by atoms with E-state index in [1.165, 1.54) is 6.07 Å². The van der Waals surface area contributed by atoms with E-state index in [0.29, 0.717) is 23.3 Å². The number of aryl methyl sites for hydroxylation is 1. The largest absolute Gasteiger partial charge is 0.508 e. The maximum atomic E-state index is 12.1. The number of phenolic OH excluding ortho intramolecular Hbond substituents is 1. The van der Waals surface area contributed by atoms with E-state index < -0.39 is 17.7 Å². The molecule has 6 nitrogen and oxygen atoms in total. The van der Waals surface area contributed by atoms with Crippen molar-refractivity contribution >= 4 is 11.9 Å². The minimum atomic E-state index is -1.29. The van der Waals surface area contributed by atoms with Crippen LogP contribution in [-0.4, -0.2) is 33.9 Å². The Balaban J connectivity index is 2.27. The van der Waals surface area contributed by atoms with Crippen molar-refractivity contribution in [2.75, 3.05) is 0 Å². The van der Waals surface area contributed by atoms with Crippen LogP contribution in [0.25, 0.3) is 0 Å². The molecular weight excluding hydrogens is 324 g/mol. The molecule has 0 saturated carbocycles. The third-order valence-electron chi connectivity index (χ3n) is 4.28. The van der Waals surface area contributed by atoms with Crippen LogP contribution in [0.5, 0.6) is 11.5 Å². The number of esters is 2. The van der Waals surface area contributed by atoms with Crippen molar-refractivity contribution in [2.24, 2.45) is 0 Å². The summed E-state index contributed by atoms with van der Waals surface area (Å²) >= 11 is 0. The summed E-state index contributed by atoms with van der Waals surface area (Å²) in [7, 11) is 0. The van der Waals surface area contributed by atoms with Crippen LogP contribution in [0.2, 0.25) is 0 Å². The summed E-state index contributed by atoms with van der Waals surface area (Å²) in [4.78, 5) is 23.4. The first kappa shape index (κ1) is 19.0. The lowest BCUT2D eigenvalue weighted by molar-refractivity contribution is -0.157.